The Morgan fingerprint density at radius 1 is 1.09 bits per heavy atom. The van der Waals surface area contributed by atoms with E-state index in [0.717, 1.165) is 11.6 Å². The van der Waals surface area contributed by atoms with Crippen molar-refractivity contribution in [3.05, 3.63) is 53.2 Å². The van der Waals surface area contributed by atoms with E-state index in [2.05, 4.69) is 10.2 Å². The Morgan fingerprint density at radius 3 is 2.43 bits per heavy atom. The van der Waals surface area contributed by atoms with E-state index in [9.17, 15) is 15.0 Å². The van der Waals surface area contributed by atoms with Gasteiger partial charge in [-0.3, -0.25) is 9.89 Å². The molecule has 2 aromatic carbocycles. The van der Waals surface area contributed by atoms with Crippen LogP contribution in [0.1, 0.15) is 10.4 Å². The minimum Gasteiger partial charge on any atom is -0.507 e. The van der Waals surface area contributed by atoms with Gasteiger partial charge in [-0.2, -0.15) is 5.10 Å². The molecular formula is C16H12ClN3O3. The van der Waals surface area contributed by atoms with Crippen LogP contribution in [0.5, 0.6) is 11.5 Å². The maximum atomic E-state index is 11.1. The van der Waals surface area contributed by atoms with Crippen molar-refractivity contribution in [2.24, 2.45) is 5.73 Å². The highest BCUT2D eigenvalue weighted by Gasteiger charge is 2.16. The van der Waals surface area contributed by atoms with Gasteiger partial charge in [-0.15, -0.1) is 0 Å². The standard InChI is InChI=1S/C16H12ClN3O3/c17-12-5-10(13(21)6-14(12)22)15-11(7-19-20-15)8-1-3-9(4-2-8)16(18)23/h1-7,21-22H,(H2,18,23)(H,19,20). The predicted octanol–water partition coefficient (Wildman–Crippen LogP) is 2.91. The first-order valence-corrected chi connectivity index (χ1v) is 7.01. The summed E-state index contributed by atoms with van der Waals surface area (Å²) >= 11 is 5.91. The molecule has 0 spiro atoms. The molecule has 3 aromatic rings. The Morgan fingerprint density at radius 2 is 1.78 bits per heavy atom. The van der Waals surface area contributed by atoms with Gasteiger partial charge in [0.25, 0.3) is 0 Å². The van der Waals surface area contributed by atoms with Crippen LogP contribution in [0.25, 0.3) is 22.4 Å². The van der Waals surface area contributed by atoms with Crippen molar-refractivity contribution in [3.63, 3.8) is 0 Å². The second-order valence-corrected chi connectivity index (χ2v) is 5.32. The summed E-state index contributed by atoms with van der Waals surface area (Å²) in [6.07, 6.45) is 1.66. The van der Waals surface area contributed by atoms with Crippen molar-refractivity contribution in [1.29, 1.82) is 0 Å². The lowest BCUT2D eigenvalue weighted by Crippen LogP contribution is -2.10. The lowest BCUT2D eigenvalue weighted by atomic mass is 10.00. The van der Waals surface area contributed by atoms with Crippen molar-refractivity contribution >= 4 is 17.5 Å². The molecule has 1 heterocycles. The average molecular weight is 330 g/mol. The first-order chi connectivity index (χ1) is 11.0. The number of primary amides is 1. The van der Waals surface area contributed by atoms with Crippen LogP contribution < -0.4 is 5.73 Å². The summed E-state index contributed by atoms with van der Waals surface area (Å²) in [6, 6.07) is 9.27. The number of benzene rings is 2. The quantitative estimate of drug-likeness (QED) is 0.591. The number of aromatic nitrogens is 2. The molecule has 0 saturated heterocycles. The zero-order chi connectivity index (χ0) is 16.6. The van der Waals surface area contributed by atoms with E-state index in [-0.39, 0.29) is 16.5 Å². The first kappa shape index (κ1) is 14.9. The van der Waals surface area contributed by atoms with Gasteiger partial charge in [-0.1, -0.05) is 23.7 Å². The van der Waals surface area contributed by atoms with E-state index in [4.69, 9.17) is 17.3 Å². The highest BCUT2D eigenvalue weighted by Crippen LogP contribution is 2.40. The molecule has 7 heteroatoms. The van der Waals surface area contributed by atoms with Crippen LogP contribution in [0.3, 0.4) is 0 Å². The monoisotopic (exact) mass is 329 g/mol. The number of phenolic OH excluding ortho intramolecular Hbond substituents is 2. The number of rotatable bonds is 3. The van der Waals surface area contributed by atoms with Crippen LogP contribution in [0.4, 0.5) is 0 Å². The van der Waals surface area contributed by atoms with Gasteiger partial charge in [0.2, 0.25) is 5.91 Å². The summed E-state index contributed by atoms with van der Waals surface area (Å²) < 4.78 is 0. The van der Waals surface area contributed by atoms with Crippen molar-refractivity contribution in [3.8, 4) is 33.9 Å². The number of nitrogens with two attached hydrogens (primary N) is 1. The summed E-state index contributed by atoms with van der Waals surface area (Å²) in [5.74, 6) is -0.864. The maximum Gasteiger partial charge on any atom is 0.248 e. The molecule has 116 valence electrons. The van der Waals surface area contributed by atoms with Gasteiger partial charge in [0, 0.05) is 29.0 Å². The van der Waals surface area contributed by atoms with Gasteiger partial charge in [-0.05, 0) is 23.8 Å². The van der Waals surface area contributed by atoms with Crippen LogP contribution in [0.15, 0.2) is 42.6 Å². The molecular weight excluding hydrogens is 318 g/mol. The Kier molecular flexibility index (Phi) is 3.67. The number of amides is 1. The molecule has 0 saturated carbocycles. The SMILES string of the molecule is NC(=O)c1ccc(-c2c[nH]nc2-c2cc(Cl)c(O)cc2O)cc1. The topological polar surface area (TPSA) is 112 Å². The molecule has 0 fully saturated rings. The second kappa shape index (κ2) is 5.66. The normalized spacial score (nSPS) is 10.7. The molecule has 6 nitrogen and oxygen atoms in total. The minimum atomic E-state index is -0.507. The van der Waals surface area contributed by atoms with Crippen molar-refractivity contribution < 1.29 is 15.0 Å². The summed E-state index contributed by atoms with van der Waals surface area (Å²) in [5.41, 5.74) is 7.96. The number of hydrogen-bond acceptors (Lipinski definition) is 4. The average Bonchev–Trinajstić information content (AvgIpc) is 3.00. The molecule has 0 bridgehead atoms. The Hall–Kier alpha value is -2.99. The zero-order valence-electron chi connectivity index (χ0n) is 11.7. The molecule has 1 aromatic heterocycles. The highest BCUT2D eigenvalue weighted by atomic mass is 35.5. The van der Waals surface area contributed by atoms with Gasteiger partial charge >= 0.3 is 0 Å². The fourth-order valence-corrected chi connectivity index (χ4v) is 2.43. The molecule has 3 rings (SSSR count). The fraction of sp³-hybridized carbons (Fsp3) is 0. The summed E-state index contributed by atoms with van der Waals surface area (Å²) in [6.45, 7) is 0. The zero-order valence-corrected chi connectivity index (χ0v) is 12.5. The third kappa shape index (κ3) is 2.72. The van der Waals surface area contributed by atoms with Gasteiger partial charge in [0.1, 0.15) is 17.2 Å². The molecule has 0 aliphatic rings. The maximum absolute atomic E-state index is 11.1. The van der Waals surface area contributed by atoms with Crippen LogP contribution in [0.2, 0.25) is 5.02 Å². The third-order valence-electron chi connectivity index (χ3n) is 3.44. The molecule has 1 amide bonds. The highest BCUT2D eigenvalue weighted by molar-refractivity contribution is 6.32. The minimum absolute atomic E-state index is 0.107. The van der Waals surface area contributed by atoms with Gasteiger partial charge in [0.15, 0.2) is 0 Å². The molecule has 0 unspecified atom stereocenters. The van der Waals surface area contributed by atoms with Gasteiger partial charge < -0.3 is 15.9 Å². The number of phenols is 2. The molecule has 23 heavy (non-hydrogen) atoms. The summed E-state index contributed by atoms with van der Waals surface area (Å²) in [5, 5.41) is 26.5. The number of aromatic hydroxyl groups is 2. The number of nitrogens with zero attached hydrogens (tertiary/aromatic N) is 1. The lowest BCUT2D eigenvalue weighted by molar-refractivity contribution is 0.100. The Balaban J connectivity index is 2.10. The first-order valence-electron chi connectivity index (χ1n) is 6.63. The summed E-state index contributed by atoms with van der Waals surface area (Å²) in [7, 11) is 0. The number of aromatic amines is 1. The van der Waals surface area contributed by atoms with E-state index in [1.165, 1.54) is 6.07 Å². The third-order valence-corrected chi connectivity index (χ3v) is 3.74. The van der Waals surface area contributed by atoms with Crippen LogP contribution in [-0.2, 0) is 0 Å². The Bertz CT molecular complexity index is 888. The van der Waals surface area contributed by atoms with Crippen LogP contribution in [-0.4, -0.2) is 26.3 Å². The number of hydrogen-bond donors (Lipinski definition) is 4. The van der Waals surface area contributed by atoms with E-state index >= 15 is 0 Å². The second-order valence-electron chi connectivity index (χ2n) is 4.91. The smallest absolute Gasteiger partial charge is 0.248 e. The van der Waals surface area contributed by atoms with E-state index in [1.54, 1.807) is 30.5 Å². The molecule has 0 atom stereocenters. The molecule has 0 aliphatic heterocycles. The van der Waals surface area contributed by atoms with Crippen LogP contribution in [0, 0.1) is 0 Å². The number of H-pyrrole nitrogens is 1. The lowest BCUT2D eigenvalue weighted by Gasteiger charge is -2.07. The fourth-order valence-electron chi connectivity index (χ4n) is 2.27. The molecule has 0 radical (unpaired) electrons. The predicted molar refractivity (Wildman–Crippen MR) is 86.3 cm³/mol. The molecule has 5 N–H and O–H groups in total. The number of halogens is 1. The number of nitrogens with one attached hydrogen (secondary N) is 1. The van der Waals surface area contributed by atoms with Crippen LogP contribution >= 0.6 is 11.6 Å². The van der Waals surface area contributed by atoms with Crippen molar-refractivity contribution in [1.82, 2.24) is 10.2 Å². The van der Waals surface area contributed by atoms with Gasteiger partial charge in [0.05, 0.1) is 5.02 Å². The largest absolute Gasteiger partial charge is 0.507 e. The number of carbonyl (C=O) groups is 1. The van der Waals surface area contributed by atoms with Crippen molar-refractivity contribution in [2.75, 3.05) is 0 Å². The Labute approximate surface area is 136 Å². The molecule has 0 aliphatic carbocycles. The van der Waals surface area contributed by atoms with Gasteiger partial charge in [-0.25, -0.2) is 0 Å². The van der Waals surface area contributed by atoms with E-state index < -0.39 is 5.91 Å². The van der Waals surface area contributed by atoms with E-state index in [0.29, 0.717) is 22.4 Å². The number of carbonyl (C=O) groups excluding carboxylic acids is 1. The summed E-state index contributed by atoms with van der Waals surface area (Å²) in [4.78, 5) is 11.1. The van der Waals surface area contributed by atoms with E-state index in [1.807, 2.05) is 0 Å². The van der Waals surface area contributed by atoms with Crippen molar-refractivity contribution in [2.45, 2.75) is 0 Å².